The average Bonchev–Trinajstić information content (AvgIpc) is 2.96. The third kappa shape index (κ3) is 3.66. The van der Waals surface area contributed by atoms with Gasteiger partial charge in [0.25, 0.3) is 0 Å². The fourth-order valence-corrected chi connectivity index (χ4v) is 2.68. The van der Waals surface area contributed by atoms with Crippen LogP contribution in [-0.2, 0) is 13.0 Å². The van der Waals surface area contributed by atoms with Gasteiger partial charge in [-0.25, -0.2) is 4.98 Å². The van der Waals surface area contributed by atoms with E-state index in [4.69, 9.17) is 11.6 Å². The van der Waals surface area contributed by atoms with Gasteiger partial charge in [0.1, 0.15) is 12.7 Å². The predicted molar refractivity (Wildman–Crippen MR) is 87.3 cm³/mol. The number of nitrogens with zero attached hydrogens (tertiary/aromatic N) is 4. The van der Waals surface area contributed by atoms with Crippen LogP contribution in [-0.4, -0.2) is 14.8 Å². The molecule has 0 aliphatic rings. The van der Waals surface area contributed by atoms with Gasteiger partial charge in [0.15, 0.2) is 0 Å². The summed E-state index contributed by atoms with van der Waals surface area (Å²) >= 11 is 5.93. The molecular formula is C17H21ClN4. The van der Waals surface area contributed by atoms with Crippen LogP contribution in [0.25, 0.3) is 0 Å². The van der Waals surface area contributed by atoms with E-state index in [0.29, 0.717) is 6.54 Å². The highest BCUT2D eigenvalue weighted by atomic mass is 35.5. The Bertz CT molecular complexity index is 635. The lowest BCUT2D eigenvalue weighted by molar-refractivity contribution is 0.112. The van der Waals surface area contributed by atoms with Crippen molar-refractivity contribution in [2.24, 2.45) is 10.8 Å². The second-order valence-electron chi connectivity index (χ2n) is 6.66. The van der Waals surface area contributed by atoms with Crippen LogP contribution in [0.1, 0.15) is 32.8 Å². The van der Waals surface area contributed by atoms with Crippen molar-refractivity contribution in [3.05, 3.63) is 47.5 Å². The predicted octanol–water partition coefficient (Wildman–Crippen LogP) is 4.12. The lowest BCUT2D eigenvalue weighted by Gasteiger charge is -2.39. The van der Waals surface area contributed by atoms with E-state index in [-0.39, 0.29) is 5.41 Å². The van der Waals surface area contributed by atoms with Gasteiger partial charge in [0.2, 0.25) is 0 Å². The number of halogens is 1. The molecule has 4 nitrogen and oxygen atoms in total. The topological polar surface area (TPSA) is 54.5 Å². The Hall–Kier alpha value is -1.86. The molecule has 1 aromatic carbocycles. The van der Waals surface area contributed by atoms with Crippen molar-refractivity contribution < 1.29 is 0 Å². The Balaban J connectivity index is 2.21. The monoisotopic (exact) mass is 316 g/mol. The number of aryl methyl sites for hydroxylation is 1. The number of hydrogen-bond donors (Lipinski definition) is 0. The highest BCUT2D eigenvalue weighted by Gasteiger charge is 2.42. The summed E-state index contributed by atoms with van der Waals surface area (Å²) in [7, 11) is 0. The van der Waals surface area contributed by atoms with E-state index in [9.17, 15) is 5.26 Å². The molecule has 22 heavy (non-hydrogen) atoms. The van der Waals surface area contributed by atoms with Gasteiger partial charge in [-0.15, -0.1) is 0 Å². The van der Waals surface area contributed by atoms with E-state index >= 15 is 0 Å². The lowest BCUT2D eigenvalue weighted by Crippen LogP contribution is -2.39. The molecule has 0 saturated heterocycles. The molecule has 1 unspecified atom stereocenters. The maximum atomic E-state index is 9.90. The molecule has 0 aliphatic carbocycles. The van der Waals surface area contributed by atoms with E-state index in [1.807, 2.05) is 24.3 Å². The molecule has 0 radical (unpaired) electrons. The maximum absolute atomic E-state index is 9.90. The summed E-state index contributed by atoms with van der Waals surface area (Å²) in [5.74, 6) is 0. The maximum Gasteiger partial charge on any atom is 0.137 e. The summed E-state index contributed by atoms with van der Waals surface area (Å²) in [5.41, 5.74) is 0.507. The number of nitriles is 1. The minimum atomic E-state index is -0.514. The van der Waals surface area contributed by atoms with Gasteiger partial charge in [-0.2, -0.15) is 10.4 Å². The Labute approximate surface area is 136 Å². The normalized spacial score (nSPS) is 14.3. The van der Waals surface area contributed by atoms with Crippen molar-refractivity contribution in [3.63, 3.8) is 0 Å². The van der Waals surface area contributed by atoms with Crippen LogP contribution in [0.15, 0.2) is 36.9 Å². The second-order valence-corrected chi connectivity index (χ2v) is 7.10. The van der Waals surface area contributed by atoms with Crippen LogP contribution in [0.2, 0.25) is 5.02 Å². The van der Waals surface area contributed by atoms with E-state index in [2.05, 4.69) is 36.9 Å². The third-order valence-electron chi connectivity index (χ3n) is 4.30. The van der Waals surface area contributed by atoms with E-state index in [1.165, 1.54) is 11.9 Å². The zero-order valence-electron chi connectivity index (χ0n) is 13.3. The Morgan fingerprint density at radius 2 is 1.91 bits per heavy atom. The zero-order valence-corrected chi connectivity index (χ0v) is 14.0. The van der Waals surface area contributed by atoms with Gasteiger partial charge >= 0.3 is 0 Å². The molecule has 2 rings (SSSR count). The van der Waals surface area contributed by atoms with Gasteiger partial charge in [-0.1, -0.05) is 44.5 Å². The first kappa shape index (κ1) is 16.5. The molecule has 0 N–H and O–H groups in total. The van der Waals surface area contributed by atoms with Crippen LogP contribution < -0.4 is 0 Å². The molecule has 2 aromatic rings. The smallest absolute Gasteiger partial charge is 0.137 e. The van der Waals surface area contributed by atoms with Crippen molar-refractivity contribution in [3.8, 4) is 6.07 Å². The largest absolute Gasteiger partial charge is 0.251 e. The molecule has 0 amide bonds. The number of aromatic nitrogens is 3. The molecule has 0 aliphatic heterocycles. The van der Waals surface area contributed by atoms with E-state index in [1.54, 1.807) is 11.0 Å². The minimum absolute atomic E-state index is 0.167. The van der Waals surface area contributed by atoms with Crippen LogP contribution in [0, 0.1) is 22.2 Å². The first-order valence-electron chi connectivity index (χ1n) is 7.34. The molecule has 1 heterocycles. The quantitative estimate of drug-likeness (QED) is 0.833. The molecule has 0 bridgehead atoms. The molecule has 1 atom stereocenters. The summed E-state index contributed by atoms with van der Waals surface area (Å²) in [6.45, 7) is 6.86. The Morgan fingerprint density at radius 1 is 1.23 bits per heavy atom. The summed E-state index contributed by atoms with van der Waals surface area (Å²) in [6, 6.07) is 10.4. The molecule has 0 spiro atoms. The molecule has 0 fully saturated rings. The molecule has 0 saturated carbocycles. The van der Waals surface area contributed by atoms with Gasteiger partial charge in [0, 0.05) is 5.02 Å². The first-order chi connectivity index (χ1) is 10.4. The van der Waals surface area contributed by atoms with Gasteiger partial charge in [-0.05, 0) is 36.0 Å². The Kier molecular flexibility index (Phi) is 4.87. The van der Waals surface area contributed by atoms with Crippen molar-refractivity contribution in [1.82, 2.24) is 14.8 Å². The molecule has 1 aromatic heterocycles. The molecule has 116 valence electrons. The van der Waals surface area contributed by atoms with Crippen LogP contribution >= 0.6 is 11.6 Å². The standard InChI is InChI=1S/C17H21ClN4/c1-16(2,3)17(10-19,11-22-13-20-12-21-22)9-8-14-4-6-15(18)7-5-14/h4-7,12-13H,8-9,11H2,1-3H3. The van der Waals surface area contributed by atoms with Crippen molar-refractivity contribution in [2.45, 2.75) is 40.2 Å². The summed E-state index contributed by atoms with van der Waals surface area (Å²) in [6.07, 6.45) is 4.76. The average molecular weight is 317 g/mol. The van der Waals surface area contributed by atoms with E-state index < -0.39 is 5.41 Å². The van der Waals surface area contributed by atoms with Crippen molar-refractivity contribution in [2.75, 3.05) is 0 Å². The summed E-state index contributed by atoms with van der Waals surface area (Å²) < 4.78 is 1.75. The zero-order chi connectivity index (χ0) is 16.2. The van der Waals surface area contributed by atoms with Crippen LogP contribution in [0.5, 0.6) is 0 Å². The van der Waals surface area contributed by atoms with Crippen LogP contribution in [0.3, 0.4) is 0 Å². The fourth-order valence-electron chi connectivity index (χ4n) is 2.55. The van der Waals surface area contributed by atoms with Gasteiger partial charge in [-0.3, -0.25) is 4.68 Å². The minimum Gasteiger partial charge on any atom is -0.251 e. The van der Waals surface area contributed by atoms with Crippen molar-refractivity contribution >= 4 is 11.6 Å². The lowest BCUT2D eigenvalue weighted by atomic mass is 9.64. The number of hydrogen-bond acceptors (Lipinski definition) is 3. The number of rotatable bonds is 5. The van der Waals surface area contributed by atoms with Crippen molar-refractivity contribution in [1.29, 1.82) is 5.26 Å². The van der Waals surface area contributed by atoms with Gasteiger partial charge in [0.05, 0.1) is 18.0 Å². The molecular weight excluding hydrogens is 296 g/mol. The van der Waals surface area contributed by atoms with Crippen LogP contribution in [0.4, 0.5) is 0 Å². The first-order valence-corrected chi connectivity index (χ1v) is 7.72. The second kappa shape index (κ2) is 6.50. The summed E-state index contributed by atoms with van der Waals surface area (Å²) in [4.78, 5) is 3.98. The highest BCUT2D eigenvalue weighted by molar-refractivity contribution is 6.30. The SMILES string of the molecule is CC(C)(C)C(C#N)(CCc1ccc(Cl)cc1)Cn1cncn1. The summed E-state index contributed by atoms with van der Waals surface area (Å²) in [5, 5.41) is 14.8. The van der Waals surface area contributed by atoms with Gasteiger partial charge < -0.3 is 0 Å². The fraction of sp³-hybridized carbons (Fsp3) is 0.471. The van der Waals surface area contributed by atoms with E-state index in [0.717, 1.165) is 17.9 Å². The Morgan fingerprint density at radius 3 is 2.41 bits per heavy atom. The third-order valence-corrected chi connectivity index (χ3v) is 4.55. The molecule has 5 heteroatoms. The number of benzene rings is 1. The highest BCUT2D eigenvalue weighted by Crippen LogP contribution is 2.43.